The Kier molecular flexibility index (Phi) is 3.27. The topological polar surface area (TPSA) is 44.1 Å². The molecule has 0 spiro atoms. The van der Waals surface area contributed by atoms with Crippen LogP contribution in [0.5, 0.6) is 5.75 Å². The second-order valence-corrected chi connectivity index (χ2v) is 4.23. The first-order valence-corrected chi connectivity index (χ1v) is 5.90. The van der Waals surface area contributed by atoms with Gasteiger partial charge in [-0.25, -0.2) is 0 Å². The van der Waals surface area contributed by atoms with Crippen molar-refractivity contribution in [3.8, 4) is 5.75 Å². The third-order valence-corrected chi connectivity index (χ3v) is 3.13. The highest BCUT2D eigenvalue weighted by Gasteiger charge is 2.31. The number of ether oxygens (including phenoxy) is 1. The number of ketones is 1. The number of nitrogens with zero attached hydrogens (tertiary/aromatic N) is 2. The molecular weight excluding hydrogens is 204 g/mol. The maximum absolute atomic E-state index is 11.8. The molecule has 1 atom stereocenters. The highest BCUT2D eigenvalue weighted by atomic mass is 16.5. The van der Waals surface area contributed by atoms with Crippen LogP contribution in [0.25, 0.3) is 0 Å². The summed E-state index contributed by atoms with van der Waals surface area (Å²) in [5, 5.41) is 4.30. The fraction of sp³-hybridized carbons (Fsp3) is 0.667. The van der Waals surface area contributed by atoms with Crippen LogP contribution in [0.15, 0.2) is 6.20 Å². The predicted octanol–water partition coefficient (Wildman–Crippen LogP) is 2.14. The highest BCUT2D eigenvalue weighted by Crippen LogP contribution is 2.36. The molecule has 1 aliphatic carbocycles. The van der Waals surface area contributed by atoms with Gasteiger partial charge in [-0.05, 0) is 19.3 Å². The molecule has 1 aromatic heterocycles. The minimum absolute atomic E-state index is 0.00370. The number of rotatable bonds is 4. The predicted molar refractivity (Wildman–Crippen MR) is 60.7 cm³/mol. The molecular formula is C12H18N2O2. The Labute approximate surface area is 95.6 Å². The van der Waals surface area contributed by atoms with E-state index in [-0.39, 0.29) is 5.92 Å². The molecule has 1 heterocycles. The average molecular weight is 222 g/mol. The zero-order valence-electron chi connectivity index (χ0n) is 9.90. The Morgan fingerprint density at radius 1 is 1.62 bits per heavy atom. The van der Waals surface area contributed by atoms with Gasteiger partial charge >= 0.3 is 0 Å². The highest BCUT2D eigenvalue weighted by molar-refractivity contribution is 5.87. The maximum atomic E-state index is 11.8. The van der Waals surface area contributed by atoms with Crippen LogP contribution < -0.4 is 4.74 Å². The van der Waals surface area contributed by atoms with Crippen molar-refractivity contribution in [3.05, 3.63) is 11.9 Å². The number of aromatic nitrogens is 2. The normalized spacial score (nSPS) is 20.4. The molecule has 4 nitrogen and oxygen atoms in total. The SMILES string of the molecule is CCCn1ncc(OC)c1C1CCCC1=O. The third-order valence-electron chi connectivity index (χ3n) is 3.13. The first-order valence-electron chi connectivity index (χ1n) is 5.90. The second-order valence-electron chi connectivity index (χ2n) is 4.23. The van der Waals surface area contributed by atoms with Gasteiger partial charge in [-0.15, -0.1) is 0 Å². The van der Waals surface area contributed by atoms with Gasteiger partial charge in [0.25, 0.3) is 0 Å². The van der Waals surface area contributed by atoms with Gasteiger partial charge in [0.15, 0.2) is 5.75 Å². The third kappa shape index (κ3) is 1.84. The van der Waals surface area contributed by atoms with Crippen molar-refractivity contribution in [2.45, 2.75) is 45.1 Å². The summed E-state index contributed by atoms with van der Waals surface area (Å²) < 4.78 is 7.22. The fourth-order valence-electron chi connectivity index (χ4n) is 2.38. The van der Waals surface area contributed by atoms with Crippen molar-refractivity contribution in [1.29, 1.82) is 0 Å². The first-order chi connectivity index (χ1) is 7.77. The summed E-state index contributed by atoms with van der Waals surface area (Å²) in [6, 6.07) is 0. The van der Waals surface area contributed by atoms with E-state index >= 15 is 0 Å². The van der Waals surface area contributed by atoms with E-state index < -0.39 is 0 Å². The maximum Gasteiger partial charge on any atom is 0.160 e. The molecule has 0 bridgehead atoms. The van der Waals surface area contributed by atoms with Crippen LogP contribution >= 0.6 is 0 Å². The van der Waals surface area contributed by atoms with Crippen molar-refractivity contribution in [2.24, 2.45) is 0 Å². The lowest BCUT2D eigenvalue weighted by atomic mass is 10.0. The van der Waals surface area contributed by atoms with Crippen molar-refractivity contribution >= 4 is 5.78 Å². The Balaban J connectivity index is 2.35. The van der Waals surface area contributed by atoms with Crippen LogP contribution in [0.1, 0.15) is 44.2 Å². The molecule has 1 aliphatic rings. The first kappa shape index (κ1) is 11.2. The summed E-state index contributed by atoms with van der Waals surface area (Å²) >= 11 is 0. The molecule has 4 heteroatoms. The van der Waals surface area contributed by atoms with Crippen LogP contribution in [0, 0.1) is 0 Å². The van der Waals surface area contributed by atoms with E-state index in [2.05, 4.69) is 12.0 Å². The van der Waals surface area contributed by atoms with Crippen molar-refractivity contribution in [1.82, 2.24) is 9.78 Å². The average Bonchev–Trinajstić information content (AvgIpc) is 2.85. The summed E-state index contributed by atoms with van der Waals surface area (Å²) in [6.45, 7) is 2.96. The molecule has 1 saturated carbocycles. The lowest BCUT2D eigenvalue weighted by Gasteiger charge is -2.13. The largest absolute Gasteiger partial charge is 0.493 e. The standard InChI is InChI=1S/C12H18N2O2/c1-3-7-14-12(11(16-2)8-13-14)9-5-4-6-10(9)15/h8-9H,3-7H2,1-2H3. The number of methoxy groups -OCH3 is 1. The molecule has 16 heavy (non-hydrogen) atoms. The van der Waals surface area contributed by atoms with E-state index in [0.717, 1.165) is 37.3 Å². The van der Waals surface area contributed by atoms with Gasteiger partial charge in [0, 0.05) is 13.0 Å². The molecule has 2 rings (SSSR count). The smallest absolute Gasteiger partial charge is 0.160 e. The van der Waals surface area contributed by atoms with Crippen LogP contribution in [0.4, 0.5) is 0 Å². The molecule has 88 valence electrons. The minimum atomic E-state index is 0.00370. The summed E-state index contributed by atoms with van der Waals surface area (Å²) in [7, 11) is 1.64. The molecule has 0 N–H and O–H groups in total. The van der Waals surface area contributed by atoms with Gasteiger partial charge < -0.3 is 4.74 Å². The minimum Gasteiger partial charge on any atom is -0.493 e. The number of hydrogen-bond acceptors (Lipinski definition) is 3. The van der Waals surface area contributed by atoms with Gasteiger partial charge in [0.05, 0.1) is 24.9 Å². The van der Waals surface area contributed by atoms with Crippen LogP contribution in [-0.2, 0) is 11.3 Å². The van der Waals surface area contributed by atoms with Crippen molar-refractivity contribution in [3.63, 3.8) is 0 Å². The Bertz CT molecular complexity index is 384. The molecule has 0 aromatic carbocycles. The Morgan fingerprint density at radius 3 is 3.00 bits per heavy atom. The van der Waals surface area contributed by atoms with E-state index in [1.54, 1.807) is 13.3 Å². The van der Waals surface area contributed by atoms with Crippen LogP contribution in [0.3, 0.4) is 0 Å². The van der Waals surface area contributed by atoms with Gasteiger partial charge in [0.1, 0.15) is 5.78 Å². The number of carbonyl (C=O) groups excluding carboxylic acids is 1. The van der Waals surface area contributed by atoms with Crippen molar-refractivity contribution in [2.75, 3.05) is 7.11 Å². The van der Waals surface area contributed by atoms with E-state index in [4.69, 9.17) is 4.74 Å². The number of Topliss-reactive ketones (excluding diaryl/α,β-unsaturated/α-hetero) is 1. The lowest BCUT2D eigenvalue weighted by molar-refractivity contribution is -0.118. The van der Waals surface area contributed by atoms with Crippen LogP contribution in [-0.4, -0.2) is 22.7 Å². The molecule has 1 fully saturated rings. The van der Waals surface area contributed by atoms with Gasteiger partial charge in [-0.3, -0.25) is 9.48 Å². The van der Waals surface area contributed by atoms with E-state index in [0.29, 0.717) is 12.2 Å². The summed E-state index contributed by atoms with van der Waals surface area (Å²) in [6.07, 6.45) is 5.36. The number of aryl methyl sites for hydroxylation is 1. The second kappa shape index (κ2) is 4.68. The quantitative estimate of drug-likeness (QED) is 0.784. The zero-order chi connectivity index (χ0) is 11.5. The molecule has 0 saturated heterocycles. The van der Waals surface area contributed by atoms with Crippen molar-refractivity contribution < 1.29 is 9.53 Å². The molecule has 0 aliphatic heterocycles. The summed E-state index contributed by atoms with van der Waals surface area (Å²) in [4.78, 5) is 11.8. The number of carbonyl (C=O) groups is 1. The lowest BCUT2D eigenvalue weighted by Crippen LogP contribution is -2.13. The molecule has 0 amide bonds. The number of hydrogen-bond donors (Lipinski definition) is 0. The zero-order valence-corrected chi connectivity index (χ0v) is 9.90. The summed E-state index contributed by atoms with van der Waals surface area (Å²) in [5.74, 6) is 1.09. The van der Waals surface area contributed by atoms with Gasteiger partial charge in [-0.1, -0.05) is 6.92 Å². The van der Waals surface area contributed by atoms with E-state index in [9.17, 15) is 4.79 Å². The molecule has 0 radical (unpaired) electrons. The van der Waals surface area contributed by atoms with E-state index in [1.807, 2.05) is 4.68 Å². The Hall–Kier alpha value is -1.32. The van der Waals surface area contributed by atoms with E-state index in [1.165, 1.54) is 0 Å². The fourth-order valence-corrected chi connectivity index (χ4v) is 2.38. The Morgan fingerprint density at radius 2 is 2.44 bits per heavy atom. The molecule has 1 unspecified atom stereocenters. The molecule has 1 aromatic rings. The monoisotopic (exact) mass is 222 g/mol. The van der Waals surface area contributed by atoms with Gasteiger partial charge in [-0.2, -0.15) is 5.10 Å². The summed E-state index contributed by atoms with van der Waals surface area (Å²) in [5.41, 5.74) is 0.979. The van der Waals surface area contributed by atoms with Crippen LogP contribution in [0.2, 0.25) is 0 Å². The van der Waals surface area contributed by atoms with Gasteiger partial charge in [0.2, 0.25) is 0 Å².